The van der Waals surface area contributed by atoms with Gasteiger partial charge in [-0.15, -0.1) is 0 Å². The number of imidazole rings is 1. The summed E-state index contributed by atoms with van der Waals surface area (Å²) in [5, 5.41) is 10.7. The van der Waals surface area contributed by atoms with Crippen LogP contribution >= 0.6 is 0 Å². The van der Waals surface area contributed by atoms with Crippen molar-refractivity contribution in [3.8, 4) is 0 Å². The lowest BCUT2D eigenvalue weighted by molar-refractivity contribution is 0.326. The number of benzene rings is 2. The molecule has 5 nitrogen and oxygen atoms in total. The predicted molar refractivity (Wildman–Crippen MR) is 90.5 cm³/mol. The fourth-order valence-electron chi connectivity index (χ4n) is 2.88. The van der Waals surface area contributed by atoms with E-state index in [9.17, 15) is 0 Å². The highest BCUT2D eigenvalue weighted by Crippen LogP contribution is 2.29. The molecule has 2 heterocycles. The number of hydrogen-bond acceptors (Lipinski definition) is 4. The Hall–Kier alpha value is -2.63. The van der Waals surface area contributed by atoms with Crippen LogP contribution in [0.15, 0.2) is 73.3 Å². The molecule has 0 amide bonds. The van der Waals surface area contributed by atoms with Gasteiger partial charge in [-0.05, 0) is 11.6 Å². The number of rotatable bonds is 4. The van der Waals surface area contributed by atoms with Gasteiger partial charge < -0.3 is 9.88 Å². The number of nitrogens with one attached hydrogen (secondary N) is 3. The zero-order chi connectivity index (χ0) is 15.5. The second-order valence-corrected chi connectivity index (χ2v) is 5.61. The first kappa shape index (κ1) is 14.0. The maximum atomic E-state index is 4.13. The fraction of sp³-hybridized carbons (Fsp3) is 0.167. The van der Waals surface area contributed by atoms with Crippen LogP contribution in [0.4, 0.5) is 5.69 Å². The van der Waals surface area contributed by atoms with Crippen LogP contribution in [0.25, 0.3) is 0 Å². The van der Waals surface area contributed by atoms with Crippen molar-refractivity contribution in [2.45, 2.75) is 19.0 Å². The first-order valence-corrected chi connectivity index (χ1v) is 7.76. The number of para-hydroxylation sites is 1. The molecule has 0 saturated carbocycles. The van der Waals surface area contributed by atoms with E-state index in [2.05, 4.69) is 69.5 Å². The summed E-state index contributed by atoms with van der Waals surface area (Å²) in [6.45, 7) is 0.809. The van der Waals surface area contributed by atoms with Crippen molar-refractivity contribution < 1.29 is 0 Å². The Kier molecular flexibility index (Phi) is 3.80. The third-order valence-electron chi connectivity index (χ3n) is 4.06. The molecule has 5 heteroatoms. The fourth-order valence-corrected chi connectivity index (χ4v) is 2.88. The van der Waals surface area contributed by atoms with Crippen LogP contribution in [0.5, 0.6) is 0 Å². The van der Waals surface area contributed by atoms with Crippen molar-refractivity contribution in [2.75, 3.05) is 5.32 Å². The molecule has 4 rings (SSSR count). The molecule has 2 unspecified atom stereocenters. The van der Waals surface area contributed by atoms with E-state index >= 15 is 0 Å². The lowest BCUT2D eigenvalue weighted by Gasteiger charge is -2.35. The molecule has 0 spiro atoms. The standard InChI is InChI=1S/C18H19N5/c1-2-6-14(7-3-1)12-20-17-15-8-4-5-9-16(15)21-18(22-17)23-11-10-19-13-23/h1-11,13,17-18,20-22H,12H2. The predicted octanol–water partition coefficient (Wildman–Crippen LogP) is 2.84. The summed E-state index contributed by atoms with van der Waals surface area (Å²) >= 11 is 0. The number of anilines is 1. The summed E-state index contributed by atoms with van der Waals surface area (Å²) in [4.78, 5) is 4.13. The minimum absolute atomic E-state index is 0.0272. The molecule has 1 aromatic heterocycles. The van der Waals surface area contributed by atoms with E-state index in [1.807, 2.05) is 23.2 Å². The Bertz CT molecular complexity index is 754. The number of hydrogen-bond donors (Lipinski definition) is 3. The number of nitrogens with zero attached hydrogens (tertiary/aromatic N) is 2. The van der Waals surface area contributed by atoms with E-state index in [0.29, 0.717) is 0 Å². The minimum Gasteiger partial charge on any atom is -0.352 e. The molecule has 2 aromatic carbocycles. The molecule has 23 heavy (non-hydrogen) atoms. The monoisotopic (exact) mass is 305 g/mol. The van der Waals surface area contributed by atoms with E-state index in [-0.39, 0.29) is 12.5 Å². The molecule has 3 aromatic rings. The zero-order valence-electron chi connectivity index (χ0n) is 12.7. The molecular weight excluding hydrogens is 286 g/mol. The Morgan fingerprint density at radius 2 is 1.87 bits per heavy atom. The number of aromatic nitrogens is 2. The highest BCUT2D eigenvalue weighted by atomic mass is 15.4. The van der Waals surface area contributed by atoms with Crippen molar-refractivity contribution in [3.63, 3.8) is 0 Å². The van der Waals surface area contributed by atoms with Gasteiger partial charge in [-0.3, -0.25) is 10.6 Å². The molecule has 0 bridgehead atoms. The van der Waals surface area contributed by atoms with E-state index in [1.54, 1.807) is 6.20 Å². The average molecular weight is 305 g/mol. The lowest BCUT2D eigenvalue weighted by atomic mass is 10.1. The molecule has 0 saturated heterocycles. The van der Waals surface area contributed by atoms with Gasteiger partial charge in [-0.1, -0.05) is 48.5 Å². The van der Waals surface area contributed by atoms with E-state index in [1.165, 1.54) is 11.1 Å². The van der Waals surface area contributed by atoms with Gasteiger partial charge in [-0.2, -0.15) is 0 Å². The first-order valence-electron chi connectivity index (χ1n) is 7.76. The summed E-state index contributed by atoms with van der Waals surface area (Å²) in [7, 11) is 0. The molecule has 0 aliphatic carbocycles. The van der Waals surface area contributed by atoms with Crippen molar-refractivity contribution in [2.24, 2.45) is 0 Å². The van der Waals surface area contributed by atoms with Gasteiger partial charge in [0.15, 0.2) is 6.29 Å². The maximum absolute atomic E-state index is 4.13. The van der Waals surface area contributed by atoms with Crippen LogP contribution in [0.3, 0.4) is 0 Å². The molecule has 2 atom stereocenters. The molecule has 1 aliphatic heterocycles. The lowest BCUT2D eigenvalue weighted by Crippen LogP contribution is -2.45. The van der Waals surface area contributed by atoms with E-state index in [0.717, 1.165) is 12.2 Å². The highest BCUT2D eigenvalue weighted by molar-refractivity contribution is 5.54. The highest BCUT2D eigenvalue weighted by Gasteiger charge is 2.25. The Morgan fingerprint density at radius 1 is 1.04 bits per heavy atom. The zero-order valence-corrected chi connectivity index (χ0v) is 12.7. The largest absolute Gasteiger partial charge is 0.352 e. The summed E-state index contributed by atoms with van der Waals surface area (Å²) in [6.07, 6.45) is 5.59. The van der Waals surface area contributed by atoms with Crippen molar-refractivity contribution in [3.05, 3.63) is 84.4 Å². The molecule has 0 fully saturated rings. The Balaban J connectivity index is 1.57. The van der Waals surface area contributed by atoms with Gasteiger partial charge in [0, 0.05) is 30.2 Å². The van der Waals surface area contributed by atoms with Crippen LogP contribution in [0.1, 0.15) is 23.6 Å². The quantitative estimate of drug-likeness (QED) is 0.694. The third-order valence-corrected chi connectivity index (χ3v) is 4.06. The van der Waals surface area contributed by atoms with Gasteiger partial charge in [0.1, 0.15) is 0 Å². The van der Waals surface area contributed by atoms with Gasteiger partial charge in [0.2, 0.25) is 0 Å². The van der Waals surface area contributed by atoms with Crippen LogP contribution in [-0.2, 0) is 6.54 Å². The molecule has 116 valence electrons. The first-order chi connectivity index (χ1) is 11.4. The van der Waals surface area contributed by atoms with Crippen molar-refractivity contribution >= 4 is 5.69 Å². The van der Waals surface area contributed by atoms with E-state index in [4.69, 9.17) is 0 Å². The van der Waals surface area contributed by atoms with Crippen LogP contribution in [0, 0.1) is 0 Å². The van der Waals surface area contributed by atoms with Crippen LogP contribution in [0.2, 0.25) is 0 Å². The smallest absolute Gasteiger partial charge is 0.161 e. The molecule has 3 N–H and O–H groups in total. The minimum atomic E-state index is -0.0272. The van der Waals surface area contributed by atoms with Gasteiger partial charge in [0.05, 0.1) is 12.5 Å². The molecule has 1 aliphatic rings. The van der Waals surface area contributed by atoms with Gasteiger partial charge in [0.25, 0.3) is 0 Å². The Morgan fingerprint density at radius 3 is 2.70 bits per heavy atom. The summed E-state index contributed by atoms with van der Waals surface area (Å²) in [5.41, 5.74) is 3.62. The third kappa shape index (κ3) is 2.97. The topological polar surface area (TPSA) is 53.9 Å². The second-order valence-electron chi connectivity index (χ2n) is 5.61. The number of fused-ring (bicyclic) bond motifs is 1. The summed E-state index contributed by atoms with van der Waals surface area (Å²) in [6, 6.07) is 18.8. The normalized spacial score (nSPS) is 19.8. The van der Waals surface area contributed by atoms with Crippen LogP contribution in [-0.4, -0.2) is 9.55 Å². The molecule has 0 radical (unpaired) electrons. The second kappa shape index (κ2) is 6.24. The SMILES string of the molecule is c1ccc(CNC2NC(n3ccnc3)Nc3ccccc32)cc1. The van der Waals surface area contributed by atoms with E-state index < -0.39 is 0 Å². The average Bonchev–Trinajstić information content (AvgIpc) is 3.15. The van der Waals surface area contributed by atoms with Crippen molar-refractivity contribution in [1.82, 2.24) is 20.2 Å². The van der Waals surface area contributed by atoms with Gasteiger partial charge in [-0.25, -0.2) is 4.98 Å². The van der Waals surface area contributed by atoms with Gasteiger partial charge >= 0.3 is 0 Å². The molecular formula is C18H19N5. The Labute approximate surface area is 135 Å². The van der Waals surface area contributed by atoms with Crippen molar-refractivity contribution in [1.29, 1.82) is 0 Å². The maximum Gasteiger partial charge on any atom is 0.161 e. The summed E-state index contributed by atoms with van der Waals surface area (Å²) in [5.74, 6) is 0. The van der Waals surface area contributed by atoms with Crippen LogP contribution < -0.4 is 16.0 Å². The summed E-state index contributed by atoms with van der Waals surface area (Å²) < 4.78 is 2.02.